The lowest BCUT2D eigenvalue weighted by Crippen LogP contribution is -1.96. The summed E-state index contributed by atoms with van der Waals surface area (Å²) in [4.78, 5) is 15.0. The summed E-state index contributed by atoms with van der Waals surface area (Å²) in [6, 6.07) is 33.7. The molecule has 0 amide bonds. The topological polar surface area (TPSA) is 56.0 Å². The Kier molecular flexibility index (Phi) is 5.63. The molecule has 0 unspecified atom stereocenters. The second-order valence-corrected chi connectivity index (χ2v) is 9.78. The van der Waals surface area contributed by atoms with Gasteiger partial charge in [-0.3, -0.25) is 9.97 Å². The molecule has 0 aliphatic rings. The Labute approximate surface area is 226 Å². The van der Waals surface area contributed by atoms with Gasteiger partial charge in [0.1, 0.15) is 0 Å². The van der Waals surface area contributed by atoms with Gasteiger partial charge in [-0.05, 0) is 59.9 Å². The van der Waals surface area contributed by atoms with Crippen molar-refractivity contribution in [2.24, 2.45) is 0 Å². The van der Waals surface area contributed by atoms with Crippen LogP contribution in [0.3, 0.4) is 0 Å². The van der Waals surface area contributed by atoms with Crippen LogP contribution < -0.4 is 0 Å². The van der Waals surface area contributed by atoms with Crippen LogP contribution in [0.5, 0.6) is 0 Å². The second kappa shape index (κ2) is 9.44. The molecular formula is C34H27N5. The Morgan fingerprint density at radius 2 is 1.36 bits per heavy atom. The minimum Gasteiger partial charge on any atom is -0.251 e. The molecule has 5 nitrogen and oxygen atoms in total. The van der Waals surface area contributed by atoms with Gasteiger partial charge in [0.05, 0.1) is 11.0 Å². The van der Waals surface area contributed by atoms with Gasteiger partial charge >= 0.3 is 0 Å². The van der Waals surface area contributed by atoms with Crippen molar-refractivity contribution in [3.05, 3.63) is 115 Å². The highest BCUT2D eigenvalue weighted by molar-refractivity contribution is 6.08. The van der Waals surface area contributed by atoms with Gasteiger partial charge in [0.15, 0.2) is 11.5 Å². The summed E-state index contributed by atoms with van der Waals surface area (Å²) in [5.74, 6) is 0.703. The third-order valence-corrected chi connectivity index (χ3v) is 7.35. The molecule has 0 aliphatic heterocycles. The summed E-state index contributed by atoms with van der Waals surface area (Å²) in [6.45, 7) is 4.28. The van der Waals surface area contributed by atoms with Crippen LogP contribution in [0.4, 0.5) is 0 Å². The van der Waals surface area contributed by atoms with Crippen LogP contribution in [0.15, 0.2) is 103 Å². The average molecular weight is 506 g/mol. The van der Waals surface area contributed by atoms with Crippen LogP contribution in [-0.4, -0.2) is 24.6 Å². The van der Waals surface area contributed by atoms with Gasteiger partial charge in [-0.25, -0.2) is 9.50 Å². The third kappa shape index (κ3) is 4.03. The van der Waals surface area contributed by atoms with Crippen molar-refractivity contribution in [1.29, 1.82) is 0 Å². The van der Waals surface area contributed by atoms with E-state index in [0.717, 1.165) is 79.5 Å². The van der Waals surface area contributed by atoms with Crippen LogP contribution >= 0.6 is 0 Å². The molecule has 4 heterocycles. The van der Waals surface area contributed by atoms with Crippen molar-refractivity contribution >= 4 is 27.5 Å². The molecule has 7 rings (SSSR count). The Bertz CT molecular complexity index is 1990. The predicted molar refractivity (Wildman–Crippen MR) is 159 cm³/mol. The standard InChI is InChI=1S/C34H27N5/c1-3-26-17-15-23-16-18-29-30(21-27(4-2)36-32(29)31(23)35-26)24-12-8-13-25(20-24)33-37-34-28(14-9-19-39(34)38-33)22-10-6-5-7-11-22/h5-21H,3-4H2,1-2H3. The molecule has 0 fully saturated rings. The normalized spacial score (nSPS) is 11.5. The van der Waals surface area contributed by atoms with E-state index in [4.69, 9.17) is 20.1 Å². The van der Waals surface area contributed by atoms with E-state index in [0.29, 0.717) is 5.82 Å². The zero-order chi connectivity index (χ0) is 26.3. The lowest BCUT2D eigenvalue weighted by atomic mass is 9.96. The van der Waals surface area contributed by atoms with Gasteiger partial charge in [-0.2, -0.15) is 0 Å². The van der Waals surface area contributed by atoms with E-state index in [1.165, 1.54) is 0 Å². The fraction of sp³-hybridized carbons (Fsp3) is 0.118. The number of fused-ring (bicyclic) bond motifs is 4. The molecule has 0 N–H and O–H groups in total. The van der Waals surface area contributed by atoms with Crippen molar-refractivity contribution in [3.8, 4) is 33.6 Å². The maximum Gasteiger partial charge on any atom is 0.182 e. The molecule has 7 aromatic rings. The maximum absolute atomic E-state index is 5.04. The monoisotopic (exact) mass is 505 g/mol. The van der Waals surface area contributed by atoms with Crippen molar-refractivity contribution in [2.75, 3.05) is 0 Å². The molecule has 0 spiro atoms. The van der Waals surface area contributed by atoms with Gasteiger partial charge in [0, 0.05) is 39.5 Å². The van der Waals surface area contributed by atoms with Crippen LogP contribution in [0.1, 0.15) is 25.2 Å². The van der Waals surface area contributed by atoms with E-state index < -0.39 is 0 Å². The molecule has 5 heteroatoms. The molecule has 4 aromatic heterocycles. The number of benzene rings is 3. The minimum absolute atomic E-state index is 0.703. The molecule has 0 bridgehead atoms. The fourth-order valence-corrected chi connectivity index (χ4v) is 5.28. The number of rotatable bonds is 5. The van der Waals surface area contributed by atoms with E-state index in [-0.39, 0.29) is 0 Å². The van der Waals surface area contributed by atoms with E-state index in [1.54, 1.807) is 0 Å². The minimum atomic E-state index is 0.703. The molecule has 188 valence electrons. The first-order chi connectivity index (χ1) is 19.2. The number of nitrogens with zero attached hydrogens (tertiary/aromatic N) is 5. The lowest BCUT2D eigenvalue weighted by molar-refractivity contribution is 0.967. The van der Waals surface area contributed by atoms with Crippen molar-refractivity contribution in [3.63, 3.8) is 0 Å². The van der Waals surface area contributed by atoms with Crippen LogP contribution in [-0.2, 0) is 12.8 Å². The molecule has 0 atom stereocenters. The number of hydrogen-bond donors (Lipinski definition) is 0. The molecule has 39 heavy (non-hydrogen) atoms. The van der Waals surface area contributed by atoms with Crippen molar-refractivity contribution in [2.45, 2.75) is 26.7 Å². The highest BCUT2D eigenvalue weighted by Crippen LogP contribution is 2.34. The van der Waals surface area contributed by atoms with Crippen molar-refractivity contribution < 1.29 is 0 Å². The van der Waals surface area contributed by atoms with Gasteiger partial charge < -0.3 is 0 Å². The van der Waals surface area contributed by atoms with Crippen LogP contribution in [0.2, 0.25) is 0 Å². The van der Waals surface area contributed by atoms with Gasteiger partial charge in [-0.15, -0.1) is 5.10 Å². The van der Waals surface area contributed by atoms with Gasteiger partial charge in [-0.1, -0.05) is 80.6 Å². The predicted octanol–water partition coefficient (Wildman–Crippen LogP) is 7.95. The Hall–Kier alpha value is -4.90. The van der Waals surface area contributed by atoms with Crippen LogP contribution in [0, 0.1) is 0 Å². The molecule has 0 saturated carbocycles. The number of pyridine rings is 3. The molecular weight excluding hydrogens is 478 g/mol. The number of aromatic nitrogens is 5. The SMILES string of the molecule is CCc1ccc2ccc3c(-c4cccc(-c5nc6c(-c7ccccc7)cccn6n5)c4)cc(CC)nc3c2n1. The highest BCUT2D eigenvalue weighted by Gasteiger charge is 2.15. The Balaban J connectivity index is 1.39. The molecule has 0 saturated heterocycles. The first-order valence-electron chi connectivity index (χ1n) is 13.5. The third-order valence-electron chi connectivity index (χ3n) is 7.35. The smallest absolute Gasteiger partial charge is 0.182 e. The summed E-state index contributed by atoms with van der Waals surface area (Å²) in [5, 5.41) is 7.06. The first kappa shape index (κ1) is 23.2. The number of hydrogen-bond acceptors (Lipinski definition) is 4. The quantitative estimate of drug-likeness (QED) is 0.223. The van der Waals surface area contributed by atoms with E-state index in [1.807, 2.05) is 35.0 Å². The summed E-state index contributed by atoms with van der Waals surface area (Å²) in [7, 11) is 0. The highest BCUT2D eigenvalue weighted by atomic mass is 15.3. The zero-order valence-corrected chi connectivity index (χ0v) is 22.0. The molecule has 3 aromatic carbocycles. The zero-order valence-electron chi connectivity index (χ0n) is 22.0. The summed E-state index contributed by atoms with van der Waals surface area (Å²) in [5.41, 5.74) is 10.3. The van der Waals surface area contributed by atoms with Crippen molar-refractivity contribution in [1.82, 2.24) is 24.6 Å². The average Bonchev–Trinajstić information content (AvgIpc) is 3.45. The number of aryl methyl sites for hydroxylation is 2. The summed E-state index contributed by atoms with van der Waals surface area (Å²) in [6.07, 6.45) is 3.70. The largest absolute Gasteiger partial charge is 0.251 e. The van der Waals surface area contributed by atoms with E-state index in [9.17, 15) is 0 Å². The molecule has 0 radical (unpaired) electrons. The van der Waals surface area contributed by atoms with E-state index >= 15 is 0 Å². The van der Waals surface area contributed by atoms with Gasteiger partial charge in [0.2, 0.25) is 0 Å². The Morgan fingerprint density at radius 1 is 0.590 bits per heavy atom. The summed E-state index contributed by atoms with van der Waals surface area (Å²) < 4.78 is 1.87. The maximum atomic E-state index is 5.04. The van der Waals surface area contributed by atoms with Crippen LogP contribution in [0.25, 0.3) is 61.1 Å². The first-order valence-corrected chi connectivity index (χ1v) is 13.5. The summed E-state index contributed by atoms with van der Waals surface area (Å²) >= 11 is 0. The fourth-order valence-electron chi connectivity index (χ4n) is 5.28. The lowest BCUT2D eigenvalue weighted by Gasteiger charge is -2.12. The molecule has 0 aliphatic carbocycles. The Morgan fingerprint density at radius 3 is 2.21 bits per heavy atom. The second-order valence-electron chi connectivity index (χ2n) is 9.78. The van der Waals surface area contributed by atoms with E-state index in [2.05, 4.69) is 86.6 Å². The van der Waals surface area contributed by atoms with Gasteiger partial charge in [0.25, 0.3) is 0 Å².